The van der Waals surface area contributed by atoms with Crippen LogP contribution in [0.4, 0.5) is 5.82 Å². The van der Waals surface area contributed by atoms with Crippen molar-refractivity contribution in [2.24, 2.45) is 0 Å². The monoisotopic (exact) mass is 364 g/mol. The molecule has 1 fully saturated rings. The van der Waals surface area contributed by atoms with Crippen LogP contribution in [0, 0.1) is 0 Å². The van der Waals surface area contributed by atoms with E-state index in [1.54, 1.807) is 12.4 Å². The zero-order valence-corrected chi connectivity index (χ0v) is 15.5. The molecule has 0 atom stereocenters. The van der Waals surface area contributed by atoms with Crippen molar-refractivity contribution in [3.8, 4) is 11.4 Å². The van der Waals surface area contributed by atoms with Gasteiger partial charge in [-0.2, -0.15) is 5.10 Å². The lowest BCUT2D eigenvalue weighted by Gasteiger charge is -2.30. The smallest absolute Gasteiger partial charge is 0.245 e. The number of imidazole rings is 1. The minimum Gasteiger partial charge on any atom is -0.322 e. The van der Waals surface area contributed by atoms with Crippen LogP contribution in [0.25, 0.3) is 11.4 Å². The van der Waals surface area contributed by atoms with Crippen LogP contribution in [0.15, 0.2) is 55.0 Å². The lowest BCUT2D eigenvalue weighted by atomic mass is 10.1. The van der Waals surface area contributed by atoms with Gasteiger partial charge in [-0.1, -0.05) is 30.3 Å². The summed E-state index contributed by atoms with van der Waals surface area (Å²) in [6.07, 6.45) is 7.39. The first-order valence-electron chi connectivity index (χ1n) is 9.29. The number of nitrogens with zero attached hydrogens (tertiary/aromatic N) is 5. The molecule has 7 nitrogen and oxygen atoms in total. The van der Waals surface area contributed by atoms with Gasteiger partial charge in [-0.15, -0.1) is 0 Å². The highest BCUT2D eigenvalue weighted by Crippen LogP contribution is 2.25. The highest BCUT2D eigenvalue weighted by Gasteiger charge is 2.21. The Balaban J connectivity index is 1.44. The molecule has 0 aliphatic carbocycles. The van der Waals surface area contributed by atoms with Gasteiger partial charge >= 0.3 is 0 Å². The molecule has 3 aromatic rings. The Labute approximate surface area is 158 Å². The van der Waals surface area contributed by atoms with Crippen LogP contribution < -0.4 is 5.32 Å². The van der Waals surface area contributed by atoms with E-state index in [4.69, 9.17) is 0 Å². The fourth-order valence-corrected chi connectivity index (χ4v) is 3.57. The maximum atomic E-state index is 12.6. The number of anilines is 1. The van der Waals surface area contributed by atoms with E-state index in [0.717, 1.165) is 43.1 Å². The molecule has 0 saturated carbocycles. The van der Waals surface area contributed by atoms with Gasteiger partial charge in [0.05, 0.1) is 12.2 Å². The molecule has 1 aliphatic heterocycles. The Kier molecular flexibility index (Phi) is 5.02. The van der Waals surface area contributed by atoms with Crippen molar-refractivity contribution in [2.45, 2.75) is 25.4 Å². The van der Waals surface area contributed by atoms with Crippen LogP contribution in [0.3, 0.4) is 0 Å². The number of rotatable bonds is 5. The maximum Gasteiger partial charge on any atom is 0.245 e. The average Bonchev–Trinajstić information content (AvgIpc) is 3.33. The van der Waals surface area contributed by atoms with Gasteiger partial charge in [-0.25, -0.2) is 9.67 Å². The number of hydrogen-bond donors (Lipinski definition) is 1. The Morgan fingerprint density at radius 3 is 2.70 bits per heavy atom. The highest BCUT2D eigenvalue weighted by molar-refractivity contribution is 5.90. The Hall–Kier alpha value is -2.93. The summed E-state index contributed by atoms with van der Waals surface area (Å²) in [7, 11) is 2.14. The van der Waals surface area contributed by atoms with Crippen LogP contribution in [-0.2, 0) is 11.3 Å². The third-order valence-corrected chi connectivity index (χ3v) is 5.03. The molecule has 140 valence electrons. The number of likely N-dealkylation sites (tertiary alicyclic amines) is 1. The number of carbonyl (C=O) groups is 1. The maximum absolute atomic E-state index is 12.6. The van der Waals surface area contributed by atoms with E-state index in [0.29, 0.717) is 6.04 Å². The molecule has 0 radical (unpaired) electrons. The molecular weight excluding hydrogens is 340 g/mol. The van der Waals surface area contributed by atoms with Crippen molar-refractivity contribution in [3.63, 3.8) is 0 Å². The van der Waals surface area contributed by atoms with E-state index in [1.807, 2.05) is 51.8 Å². The number of benzene rings is 1. The van der Waals surface area contributed by atoms with E-state index in [1.165, 1.54) is 0 Å². The number of amides is 1. The Bertz CT molecular complexity index is 892. The van der Waals surface area contributed by atoms with Crippen molar-refractivity contribution in [3.05, 3.63) is 55.0 Å². The molecule has 7 heteroatoms. The number of hydrogen-bond acceptors (Lipinski definition) is 4. The predicted octanol–water partition coefficient (Wildman–Crippen LogP) is 2.65. The summed E-state index contributed by atoms with van der Waals surface area (Å²) in [5.41, 5.74) is 0.992. The molecule has 1 amide bonds. The molecule has 27 heavy (non-hydrogen) atoms. The third-order valence-electron chi connectivity index (χ3n) is 5.03. The zero-order chi connectivity index (χ0) is 18.6. The standard InChI is InChI=1S/C20H24N6O/c1-24-12-8-17(9-13-24)26-18(7-10-22-26)23-19(27)15-25-14-11-21-20(25)16-5-3-2-4-6-16/h2-7,10-11,14,17H,8-9,12-13,15H2,1H3,(H,23,27). The molecule has 4 rings (SSSR count). The SMILES string of the molecule is CN1CCC(n2nccc2NC(=O)Cn2ccnc2-c2ccccc2)CC1. The van der Waals surface area contributed by atoms with Crippen molar-refractivity contribution in [1.82, 2.24) is 24.2 Å². The summed E-state index contributed by atoms with van der Waals surface area (Å²) in [6, 6.07) is 12.1. The Morgan fingerprint density at radius 2 is 1.93 bits per heavy atom. The molecule has 3 heterocycles. The topological polar surface area (TPSA) is 68.0 Å². The summed E-state index contributed by atoms with van der Waals surface area (Å²) >= 11 is 0. The van der Waals surface area contributed by atoms with Gasteiger partial charge in [0.25, 0.3) is 0 Å². The second kappa shape index (κ2) is 7.75. The van der Waals surface area contributed by atoms with Gasteiger partial charge in [0, 0.05) is 24.0 Å². The Morgan fingerprint density at radius 1 is 1.15 bits per heavy atom. The van der Waals surface area contributed by atoms with Crippen LogP contribution in [0.5, 0.6) is 0 Å². The molecular formula is C20H24N6O. The van der Waals surface area contributed by atoms with Crippen molar-refractivity contribution < 1.29 is 4.79 Å². The van der Waals surface area contributed by atoms with Gasteiger partial charge in [-0.3, -0.25) is 4.79 Å². The van der Waals surface area contributed by atoms with Gasteiger partial charge in [0.15, 0.2) is 0 Å². The highest BCUT2D eigenvalue weighted by atomic mass is 16.2. The van der Waals surface area contributed by atoms with Gasteiger partial charge < -0.3 is 14.8 Å². The van der Waals surface area contributed by atoms with Gasteiger partial charge in [0.1, 0.15) is 18.2 Å². The first-order chi connectivity index (χ1) is 13.2. The number of piperidine rings is 1. The van der Waals surface area contributed by atoms with Crippen LogP contribution in [0.1, 0.15) is 18.9 Å². The lowest BCUT2D eigenvalue weighted by Crippen LogP contribution is -2.32. The minimum atomic E-state index is -0.0835. The van der Waals surface area contributed by atoms with E-state index >= 15 is 0 Å². The predicted molar refractivity (Wildman–Crippen MR) is 104 cm³/mol. The fourth-order valence-electron chi connectivity index (χ4n) is 3.57. The normalized spacial score (nSPS) is 15.7. The quantitative estimate of drug-likeness (QED) is 0.756. The van der Waals surface area contributed by atoms with Crippen molar-refractivity contribution >= 4 is 11.7 Å². The van der Waals surface area contributed by atoms with E-state index < -0.39 is 0 Å². The van der Waals surface area contributed by atoms with Crippen LogP contribution in [-0.4, -0.2) is 50.3 Å². The summed E-state index contributed by atoms with van der Waals surface area (Å²) in [5, 5.41) is 7.46. The van der Waals surface area contributed by atoms with Gasteiger partial charge in [0.2, 0.25) is 5.91 Å². The number of carbonyl (C=O) groups excluding carboxylic acids is 1. The molecule has 1 aliphatic rings. The lowest BCUT2D eigenvalue weighted by molar-refractivity contribution is -0.116. The van der Waals surface area contributed by atoms with E-state index in [2.05, 4.69) is 27.3 Å². The molecule has 1 saturated heterocycles. The second-order valence-electron chi connectivity index (χ2n) is 6.99. The van der Waals surface area contributed by atoms with Crippen molar-refractivity contribution in [1.29, 1.82) is 0 Å². The van der Waals surface area contributed by atoms with Crippen molar-refractivity contribution in [2.75, 3.05) is 25.5 Å². The van der Waals surface area contributed by atoms with E-state index in [9.17, 15) is 4.79 Å². The number of nitrogens with one attached hydrogen (secondary N) is 1. The molecule has 0 unspecified atom stereocenters. The van der Waals surface area contributed by atoms with Crippen LogP contribution >= 0.6 is 0 Å². The summed E-state index contributed by atoms with van der Waals surface area (Å²) in [4.78, 5) is 19.4. The first kappa shape index (κ1) is 17.5. The average molecular weight is 364 g/mol. The first-order valence-corrected chi connectivity index (χ1v) is 9.29. The fraction of sp³-hybridized carbons (Fsp3) is 0.350. The molecule has 1 aromatic carbocycles. The minimum absolute atomic E-state index is 0.0835. The van der Waals surface area contributed by atoms with Gasteiger partial charge in [-0.05, 0) is 33.0 Å². The number of aromatic nitrogens is 4. The van der Waals surface area contributed by atoms with E-state index in [-0.39, 0.29) is 12.5 Å². The summed E-state index contributed by atoms with van der Waals surface area (Å²) in [6.45, 7) is 2.31. The zero-order valence-electron chi connectivity index (χ0n) is 15.5. The molecule has 2 aromatic heterocycles. The van der Waals surface area contributed by atoms with Crippen LogP contribution in [0.2, 0.25) is 0 Å². The summed E-state index contributed by atoms with van der Waals surface area (Å²) < 4.78 is 3.82. The largest absolute Gasteiger partial charge is 0.322 e. The molecule has 0 bridgehead atoms. The second-order valence-corrected chi connectivity index (χ2v) is 6.99. The molecule has 0 spiro atoms. The third kappa shape index (κ3) is 3.93. The molecule has 1 N–H and O–H groups in total. The summed E-state index contributed by atoms with van der Waals surface area (Å²) in [5.74, 6) is 1.46.